The number of hydrogen-bond donors (Lipinski definition) is 0. The van der Waals surface area contributed by atoms with Crippen LogP contribution >= 0.6 is 11.3 Å². The summed E-state index contributed by atoms with van der Waals surface area (Å²) in [6, 6.07) is 41.9. The quantitative estimate of drug-likeness (QED) is 0.166. The summed E-state index contributed by atoms with van der Waals surface area (Å²) in [5.41, 5.74) is 20.3. The maximum Gasteiger partial charge on any atom is 0.0544 e. The third-order valence-electron chi connectivity index (χ3n) is 12.4. The van der Waals surface area contributed by atoms with Crippen molar-refractivity contribution in [3.05, 3.63) is 167 Å². The highest BCUT2D eigenvalue weighted by molar-refractivity contribution is 7.25. The highest BCUT2D eigenvalue weighted by Gasteiger charge is 2.36. The average molecular weight is 742 g/mol. The molecule has 0 spiro atoms. The standard InChI is InChI=1S/C50H35NS.2C2H6/c1-50(2)43-17-9-7-13-34(43)39-27-40-35-14-8-10-18-45(35)51(46(40)28-44(39)50)30-20-24-48-42(26-30)41-25-29(19-23-47(41)52-48)31-21-22-38-33-12-4-3-11-32(33)37-16-6-5-15-36(31)49(37)38;2*1-2/h5,7-28H,3-4,6H2,1-2H3;2*1-2H3. The van der Waals surface area contributed by atoms with Gasteiger partial charge in [-0.2, -0.15) is 0 Å². The molecule has 2 aromatic heterocycles. The van der Waals surface area contributed by atoms with Crippen LogP contribution in [0.3, 0.4) is 0 Å². The number of fused-ring (bicyclic) bond motifs is 12. The number of nitrogens with zero attached hydrogens (tertiary/aromatic N) is 1. The summed E-state index contributed by atoms with van der Waals surface area (Å²) in [6.45, 7) is 12.8. The Morgan fingerprint density at radius 3 is 2.12 bits per heavy atom. The summed E-state index contributed by atoms with van der Waals surface area (Å²) >= 11 is 1.90. The van der Waals surface area contributed by atoms with Gasteiger partial charge in [0.05, 0.1) is 11.0 Å². The zero-order valence-corrected chi connectivity index (χ0v) is 34.1. The molecule has 2 heterocycles. The smallest absolute Gasteiger partial charge is 0.0544 e. The predicted octanol–water partition coefficient (Wildman–Crippen LogP) is 16.1. The second-order valence-corrected chi connectivity index (χ2v) is 16.5. The van der Waals surface area contributed by atoms with E-state index in [1.807, 2.05) is 39.0 Å². The van der Waals surface area contributed by atoms with E-state index in [2.05, 4.69) is 158 Å². The Labute approximate surface area is 334 Å². The number of thiophene rings is 1. The molecule has 0 aliphatic heterocycles. The van der Waals surface area contributed by atoms with E-state index in [9.17, 15) is 0 Å². The molecule has 0 fully saturated rings. The first kappa shape index (κ1) is 34.8. The second-order valence-electron chi connectivity index (χ2n) is 15.4. The highest BCUT2D eigenvalue weighted by atomic mass is 32.1. The number of aromatic nitrogens is 1. The van der Waals surface area contributed by atoms with Crippen molar-refractivity contribution in [3.63, 3.8) is 0 Å². The van der Waals surface area contributed by atoms with Crippen LogP contribution in [0.5, 0.6) is 0 Å². The number of rotatable bonds is 2. The summed E-state index contributed by atoms with van der Waals surface area (Å²) < 4.78 is 5.17. The lowest BCUT2D eigenvalue weighted by atomic mass is 9.82. The van der Waals surface area contributed by atoms with Gasteiger partial charge in [0.2, 0.25) is 0 Å². The van der Waals surface area contributed by atoms with Gasteiger partial charge in [-0.05, 0) is 135 Å². The molecule has 4 aliphatic rings. The molecule has 0 saturated carbocycles. The molecule has 0 N–H and O–H groups in total. The van der Waals surface area contributed by atoms with Crippen molar-refractivity contribution in [1.82, 2.24) is 4.57 Å². The normalized spacial score (nSPS) is 15.5. The Morgan fingerprint density at radius 1 is 0.536 bits per heavy atom. The fourth-order valence-corrected chi connectivity index (χ4v) is 11.0. The average Bonchev–Trinajstić information content (AvgIpc) is 3.89. The molecule has 0 atom stereocenters. The number of benzene rings is 6. The van der Waals surface area contributed by atoms with Gasteiger partial charge in [-0.25, -0.2) is 0 Å². The minimum absolute atomic E-state index is 0.0567. The van der Waals surface area contributed by atoms with E-state index in [4.69, 9.17) is 0 Å². The zero-order valence-electron chi connectivity index (χ0n) is 33.3. The van der Waals surface area contributed by atoms with Gasteiger partial charge >= 0.3 is 0 Å². The molecule has 0 radical (unpaired) electrons. The lowest BCUT2D eigenvalue weighted by Gasteiger charge is -2.21. The number of allylic oxidation sites excluding steroid dienone is 7. The van der Waals surface area contributed by atoms with E-state index in [1.54, 1.807) is 0 Å². The first-order valence-corrected chi connectivity index (χ1v) is 21.5. The van der Waals surface area contributed by atoms with Crippen molar-refractivity contribution in [3.8, 4) is 27.9 Å². The Bertz CT molecular complexity index is 3060. The van der Waals surface area contributed by atoms with E-state index in [1.165, 1.54) is 114 Å². The third kappa shape index (κ3) is 4.85. The Kier molecular flexibility index (Phi) is 8.20. The molecule has 4 aliphatic carbocycles. The van der Waals surface area contributed by atoms with Gasteiger partial charge in [-0.15, -0.1) is 11.3 Å². The molecule has 12 rings (SSSR count). The minimum atomic E-state index is -0.0567. The molecule has 274 valence electrons. The van der Waals surface area contributed by atoms with Crippen LogP contribution in [0.15, 0.2) is 139 Å². The summed E-state index contributed by atoms with van der Waals surface area (Å²) in [5.74, 6) is 0. The molecule has 2 heteroatoms. The van der Waals surface area contributed by atoms with Crippen molar-refractivity contribution in [2.45, 2.75) is 66.2 Å². The van der Waals surface area contributed by atoms with Crippen molar-refractivity contribution < 1.29 is 0 Å². The molecular formula is C54H47NS. The van der Waals surface area contributed by atoms with E-state index in [-0.39, 0.29) is 5.41 Å². The molecule has 8 aromatic rings. The van der Waals surface area contributed by atoms with E-state index in [0.29, 0.717) is 0 Å². The molecule has 56 heavy (non-hydrogen) atoms. The first-order valence-electron chi connectivity index (χ1n) is 20.6. The van der Waals surface area contributed by atoms with E-state index in [0.717, 1.165) is 19.3 Å². The van der Waals surface area contributed by atoms with Crippen LogP contribution < -0.4 is 0 Å². The maximum atomic E-state index is 2.51. The van der Waals surface area contributed by atoms with Gasteiger partial charge in [0.25, 0.3) is 0 Å². The lowest BCUT2D eigenvalue weighted by molar-refractivity contribution is 0.661. The first-order chi connectivity index (χ1) is 27.5. The van der Waals surface area contributed by atoms with Crippen LogP contribution in [0, 0.1) is 0 Å². The van der Waals surface area contributed by atoms with Gasteiger partial charge in [-0.1, -0.05) is 133 Å². The van der Waals surface area contributed by atoms with Gasteiger partial charge in [0.15, 0.2) is 0 Å². The fourth-order valence-electron chi connectivity index (χ4n) is 9.98. The van der Waals surface area contributed by atoms with Crippen LogP contribution in [0.4, 0.5) is 0 Å². The van der Waals surface area contributed by atoms with Gasteiger partial charge < -0.3 is 4.57 Å². The third-order valence-corrected chi connectivity index (χ3v) is 13.5. The van der Waals surface area contributed by atoms with Crippen molar-refractivity contribution in [2.24, 2.45) is 0 Å². The zero-order chi connectivity index (χ0) is 38.3. The van der Waals surface area contributed by atoms with Crippen LogP contribution in [0.25, 0.3) is 87.1 Å². The second kappa shape index (κ2) is 13.2. The van der Waals surface area contributed by atoms with Crippen molar-refractivity contribution >= 4 is 70.5 Å². The number of hydrogen-bond acceptors (Lipinski definition) is 1. The summed E-state index contributed by atoms with van der Waals surface area (Å²) in [7, 11) is 0. The molecule has 6 aromatic carbocycles. The Morgan fingerprint density at radius 2 is 1.27 bits per heavy atom. The largest absolute Gasteiger partial charge is 0.309 e. The van der Waals surface area contributed by atoms with Crippen LogP contribution in [-0.4, -0.2) is 4.57 Å². The van der Waals surface area contributed by atoms with Crippen molar-refractivity contribution in [2.75, 3.05) is 0 Å². The van der Waals surface area contributed by atoms with E-state index >= 15 is 0 Å². The monoisotopic (exact) mass is 741 g/mol. The highest BCUT2D eigenvalue weighted by Crippen LogP contribution is 2.53. The summed E-state index contributed by atoms with van der Waals surface area (Å²) in [4.78, 5) is 0. The molecule has 1 nitrogen and oxygen atoms in total. The van der Waals surface area contributed by atoms with Crippen molar-refractivity contribution in [1.29, 1.82) is 0 Å². The molecule has 0 bridgehead atoms. The molecule has 0 amide bonds. The number of para-hydroxylation sites is 1. The van der Waals surface area contributed by atoms with Crippen LogP contribution in [0.1, 0.15) is 88.6 Å². The Hall–Kier alpha value is -5.70. The molecular weight excluding hydrogens is 695 g/mol. The Balaban J connectivity index is 0.000000933. The summed E-state index contributed by atoms with van der Waals surface area (Å²) in [5, 5.41) is 5.27. The fraction of sp³-hybridized carbons (Fsp3) is 0.185. The van der Waals surface area contributed by atoms with Crippen LogP contribution in [-0.2, 0) is 5.41 Å². The summed E-state index contributed by atoms with van der Waals surface area (Å²) in [6.07, 6.45) is 15.3. The minimum Gasteiger partial charge on any atom is -0.309 e. The molecule has 0 saturated heterocycles. The van der Waals surface area contributed by atoms with Gasteiger partial charge in [0, 0.05) is 42.0 Å². The lowest BCUT2D eigenvalue weighted by Crippen LogP contribution is -2.14. The predicted molar refractivity (Wildman–Crippen MR) is 246 cm³/mol. The SMILES string of the molecule is CC.CC.CC1(C)c2ccccc2-c2cc3c4ccccc4n(-c4ccc5sc6ccc(-c7ccc8c9c7C=CCC=C9C7=CCCC=C78)cc6c5c4)c3cc21. The van der Waals surface area contributed by atoms with E-state index < -0.39 is 0 Å². The topological polar surface area (TPSA) is 4.93 Å². The van der Waals surface area contributed by atoms with Gasteiger partial charge in [0.1, 0.15) is 0 Å². The maximum absolute atomic E-state index is 2.51. The molecule has 0 unspecified atom stereocenters. The van der Waals surface area contributed by atoms with Crippen LogP contribution in [0.2, 0.25) is 0 Å². The van der Waals surface area contributed by atoms with Gasteiger partial charge in [-0.3, -0.25) is 0 Å².